The number of benzene rings is 9. The van der Waals surface area contributed by atoms with Crippen molar-refractivity contribution >= 4 is 45.3 Å². The van der Waals surface area contributed by atoms with E-state index in [9.17, 15) is 0 Å². The van der Waals surface area contributed by atoms with Gasteiger partial charge >= 0.3 is 0 Å². The van der Waals surface area contributed by atoms with Crippen LogP contribution in [0.1, 0.15) is 18.1 Å². The Labute approximate surface area is 372 Å². The topological polar surface area (TPSA) is 6.48 Å². The molecule has 0 saturated heterocycles. The number of anilines is 6. The van der Waals surface area contributed by atoms with Gasteiger partial charge in [0, 0.05) is 33.9 Å². The molecule has 0 atom stereocenters. The van der Waals surface area contributed by atoms with Gasteiger partial charge in [0.25, 0.3) is 0 Å². The van der Waals surface area contributed by atoms with Gasteiger partial charge < -0.3 is 9.80 Å². The average molecular weight is 809 g/mol. The Morgan fingerprint density at radius 3 is 1.24 bits per heavy atom. The van der Waals surface area contributed by atoms with E-state index in [1.807, 2.05) is 6.08 Å². The lowest BCUT2D eigenvalue weighted by Gasteiger charge is -2.28. The molecule has 9 aromatic rings. The van der Waals surface area contributed by atoms with Crippen molar-refractivity contribution in [3.05, 3.63) is 279 Å². The zero-order valence-corrected chi connectivity index (χ0v) is 35.4. The van der Waals surface area contributed by atoms with E-state index in [0.717, 1.165) is 67.5 Å². The number of para-hydroxylation sites is 4. The maximum Gasteiger partial charge on any atom is 0.0540 e. The number of hydrogen-bond acceptors (Lipinski definition) is 2. The molecule has 0 radical (unpaired) electrons. The molecule has 0 spiro atoms. The minimum absolute atomic E-state index is 1.06. The first-order valence-electron chi connectivity index (χ1n) is 21.5. The van der Waals surface area contributed by atoms with Crippen LogP contribution in [0.5, 0.6) is 0 Å². The molecule has 9 aromatic carbocycles. The molecule has 2 heteroatoms. The fourth-order valence-electron chi connectivity index (χ4n) is 8.31. The Hall–Kier alpha value is -8.20. The molecule has 0 heterocycles. The van der Waals surface area contributed by atoms with Crippen LogP contribution in [0.2, 0.25) is 0 Å². The Kier molecular flexibility index (Phi) is 12.1. The van der Waals surface area contributed by atoms with E-state index in [-0.39, 0.29) is 0 Å². The van der Waals surface area contributed by atoms with Gasteiger partial charge in [-0.1, -0.05) is 195 Å². The van der Waals surface area contributed by atoms with Gasteiger partial charge in [0.15, 0.2) is 0 Å². The molecular formula is C61H48N2. The van der Waals surface area contributed by atoms with E-state index in [1.54, 1.807) is 0 Å². The van der Waals surface area contributed by atoms with Crippen molar-refractivity contribution in [3.63, 3.8) is 0 Å². The smallest absolute Gasteiger partial charge is 0.0540 e. The second-order valence-electron chi connectivity index (χ2n) is 15.3. The second kappa shape index (κ2) is 19.0. The third kappa shape index (κ3) is 8.84. The molecule has 0 unspecified atom stereocenters. The lowest BCUT2D eigenvalue weighted by atomic mass is 9.95. The van der Waals surface area contributed by atoms with Gasteiger partial charge in [0.05, 0.1) is 11.4 Å². The zero-order valence-electron chi connectivity index (χ0n) is 35.4. The Bertz CT molecular complexity index is 2990. The number of rotatable bonds is 13. The van der Waals surface area contributed by atoms with Crippen molar-refractivity contribution in [1.82, 2.24) is 0 Å². The average Bonchev–Trinajstić information content (AvgIpc) is 3.37. The molecule has 0 aliphatic rings. The lowest BCUT2D eigenvalue weighted by Crippen LogP contribution is -2.11. The standard InChI is InChI=1S/C61H48N2/c1-3-46(48-36-40-56(41-37-48)62(54-28-13-7-14-29-54)60-34-19-17-32-58(60)50-22-9-5-10-23-50)44-47(4-2)52-26-21-27-53(45-52)49-38-42-57(43-39-49)63(55-30-15-8-16-31-55)61-35-20-18-33-59(61)51-24-11-6-12-25-51/h3-45H,2H2,1H3/b46-3+,47-44+. The molecular weight excluding hydrogens is 761 g/mol. The first-order valence-corrected chi connectivity index (χ1v) is 21.5. The molecule has 0 amide bonds. The molecule has 0 saturated carbocycles. The van der Waals surface area contributed by atoms with Crippen LogP contribution in [0.15, 0.2) is 267 Å². The highest BCUT2D eigenvalue weighted by Gasteiger charge is 2.19. The summed E-state index contributed by atoms with van der Waals surface area (Å²) in [6.07, 6.45) is 6.38. The molecule has 0 aliphatic carbocycles. The van der Waals surface area contributed by atoms with E-state index in [0.29, 0.717) is 0 Å². The summed E-state index contributed by atoms with van der Waals surface area (Å²) in [6, 6.07) is 86.2. The molecule has 9 rings (SSSR count). The summed E-state index contributed by atoms with van der Waals surface area (Å²) in [4.78, 5) is 4.68. The Balaban J connectivity index is 1.00. The maximum absolute atomic E-state index is 4.27. The number of allylic oxidation sites excluding steroid dienone is 5. The number of nitrogens with zero attached hydrogens (tertiary/aromatic N) is 2. The van der Waals surface area contributed by atoms with Crippen LogP contribution >= 0.6 is 0 Å². The first kappa shape index (κ1) is 40.2. The summed E-state index contributed by atoms with van der Waals surface area (Å²) in [5, 5.41) is 0. The molecule has 63 heavy (non-hydrogen) atoms. The van der Waals surface area contributed by atoms with Gasteiger partial charge in [-0.15, -0.1) is 0 Å². The van der Waals surface area contributed by atoms with Crippen LogP contribution in [0.3, 0.4) is 0 Å². The van der Waals surface area contributed by atoms with Crippen molar-refractivity contribution < 1.29 is 0 Å². The van der Waals surface area contributed by atoms with Crippen LogP contribution in [0, 0.1) is 0 Å². The van der Waals surface area contributed by atoms with Gasteiger partial charge in [-0.2, -0.15) is 0 Å². The van der Waals surface area contributed by atoms with Crippen molar-refractivity contribution in [2.24, 2.45) is 0 Å². The monoisotopic (exact) mass is 808 g/mol. The van der Waals surface area contributed by atoms with Crippen molar-refractivity contribution in [1.29, 1.82) is 0 Å². The van der Waals surface area contributed by atoms with Gasteiger partial charge in [-0.3, -0.25) is 0 Å². The van der Waals surface area contributed by atoms with Gasteiger partial charge in [-0.25, -0.2) is 0 Å². The van der Waals surface area contributed by atoms with Crippen LogP contribution in [0.25, 0.3) is 44.5 Å². The predicted molar refractivity (Wildman–Crippen MR) is 270 cm³/mol. The van der Waals surface area contributed by atoms with Crippen LogP contribution in [0.4, 0.5) is 34.1 Å². The fourth-order valence-corrected chi connectivity index (χ4v) is 8.31. The summed E-state index contributed by atoms with van der Waals surface area (Å²) in [5.74, 6) is 0. The summed E-state index contributed by atoms with van der Waals surface area (Å²) in [6.45, 7) is 6.37. The summed E-state index contributed by atoms with van der Waals surface area (Å²) in [7, 11) is 0. The lowest BCUT2D eigenvalue weighted by molar-refractivity contribution is 1.28. The SMILES string of the molecule is C=C/C(=C\C(=C/C)c1ccc(N(c2ccccc2)c2ccccc2-c2ccccc2)cc1)c1cccc(-c2ccc(N(c3ccccc3)c3ccccc3-c3ccccc3)cc2)c1. The van der Waals surface area contributed by atoms with Crippen molar-refractivity contribution in [2.75, 3.05) is 9.80 Å². The zero-order chi connectivity index (χ0) is 42.8. The number of hydrogen-bond donors (Lipinski definition) is 0. The molecule has 302 valence electrons. The van der Waals surface area contributed by atoms with E-state index in [2.05, 4.69) is 278 Å². The maximum atomic E-state index is 4.27. The third-order valence-corrected chi connectivity index (χ3v) is 11.4. The molecule has 0 aliphatic heterocycles. The molecule has 0 aromatic heterocycles. The normalized spacial score (nSPS) is 11.5. The van der Waals surface area contributed by atoms with Gasteiger partial charge in [0.2, 0.25) is 0 Å². The summed E-state index contributed by atoms with van der Waals surface area (Å²) in [5.41, 5.74) is 18.1. The van der Waals surface area contributed by atoms with E-state index in [4.69, 9.17) is 0 Å². The minimum atomic E-state index is 1.06. The third-order valence-electron chi connectivity index (χ3n) is 11.4. The van der Waals surface area contributed by atoms with Crippen LogP contribution < -0.4 is 9.80 Å². The minimum Gasteiger partial charge on any atom is -0.310 e. The second-order valence-corrected chi connectivity index (χ2v) is 15.3. The largest absolute Gasteiger partial charge is 0.310 e. The predicted octanol–water partition coefficient (Wildman–Crippen LogP) is 17.3. The van der Waals surface area contributed by atoms with E-state index < -0.39 is 0 Å². The highest BCUT2D eigenvalue weighted by atomic mass is 15.1. The quantitative estimate of drug-likeness (QED) is 0.107. The van der Waals surface area contributed by atoms with E-state index >= 15 is 0 Å². The molecule has 0 fully saturated rings. The first-order chi connectivity index (χ1) is 31.2. The van der Waals surface area contributed by atoms with Crippen molar-refractivity contribution in [3.8, 4) is 33.4 Å². The molecule has 0 bridgehead atoms. The van der Waals surface area contributed by atoms with E-state index in [1.165, 1.54) is 22.3 Å². The van der Waals surface area contributed by atoms with Crippen LogP contribution in [-0.4, -0.2) is 0 Å². The molecule has 0 N–H and O–H groups in total. The van der Waals surface area contributed by atoms with Gasteiger partial charge in [0.1, 0.15) is 0 Å². The fraction of sp³-hybridized carbons (Fsp3) is 0.0164. The molecule has 2 nitrogen and oxygen atoms in total. The van der Waals surface area contributed by atoms with Crippen molar-refractivity contribution in [2.45, 2.75) is 6.92 Å². The van der Waals surface area contributed by atoms with Crippen LogP contribution in [-0.2, 0) is 0 Å². The van der Waals surface area contributed by atoms with Gasteiger partial charge in [-0.05, 0) is 124 Å². The Morgan fingerprint density at radius 2 is 0.762 bits per heavy atom. The highest BCUT2D eigenvalue weighted by molar-refractivity contribution is 5.92. The highest BCUT2D eigenvalue weighted by Crippen LogP contribution is 2.43. The Morgan fingerprint density at radius 1 is 0.349 bits per heavy atom. The summed E-state index contributed by atoms with van der Waals surface area (Å²) >= 11 is 0. The summed E-state index contributed by atoms with van der Waals surface area (Å²) < 4.78 is 0.